The van der Waals surface area contributed by atoms with Gasteiger partial charge in [-0.15, -0.1) is 10.2 Å². The van der Waals surface area contributed by atoms with Crippen LogP contribution in [0.15, 0.2) is 35.4 Å². The summed E-state index contributed by atoms with van der Waals surface area (Å²) in [5.41, 5.74) is 0.421. The molecule has 1 aliphatic heterocycles. The van der Waals surface area contributed by atoms with E-state index in [9.17, 15) is 9.59 Å². The normalized spacial score (nSPS) is 13.9. The number of aromatic nitrogens is 5. The maximum Gasteiger partial charge on any atom is 0.261 e. The van der Waals surface area contributed by atoms with Gasteiger partial charge in [0.1, 0.15) is 18.2 Å². The van der Waals surface area contributed by atoms with E-state index in [-0.39, 0.29) is 18.0 Å². The summed E-state index contributed by atoms with van der Waals surface area (Å²) in [7, 11) is 0. The molecule has 0 aliphatic carbocycles. The molecule has 0 atom stereocenters. The smallest absolute Gasteiger partial charge is 0.261 e. The number of hydrogen-bond donors (Lipinski definition) is 1. The standard InChI is InChI=1S/C19H22N6O2/c26-18(12-24-13-21-15-7-4-3-6-14(15)19(24)27)20-10-9-17-23-22-16-8-2-1-5-11-25(16)17/h3-4,6-7,13H,1-2,5,8-12H2,(H,20,26). The first-order valence-corrected chi connectivity index (χ1v) is 9.34. The second kappa shape index (κ2) is 7.69. The van der Waals surface area contributed by atoms with E-state index in [1.165, 1.54) is 17.3 Å². The first kappa shape index (κ1) is 17.4. The number of nitrogens with zero attached hydrogens (tertiary/aromatic N) is 5. The molecule has 1 aliphatic rings. The highest BCUT2D eigenvalue weighted by Gasteiger charge is 2.14. The first-order chi connectivity index (χ1) is 13.2. The zero-order chi connectivity index (χ0) is 18.6. The molecule has 2 aromatic heterocycles. The summed E-state index contributed by atoms with van der Waals surface area (Å²) in [4.78, 5) is 28.9. The quantitative estimate of drug-likeness (QED) is 0.729. The summed E-state index contributed by atoms with van der Waals surface area (Å²) in [6.45, 7) is 1.37. The number of carbonyl (C=O) groups is 1. The van der Waals surface area contributed by atoms with Gasteiger partial charge in [-0.05, 0) is 25.0 Å². The van der Waals surface area contributed by atoms with Gasteiger partial charge in [0, 0.05) is 25.9 Å². The van der Waals surface area contributed by atoms with Crippen molar-refractivity contribution < 1.29 is 4.79 Å². The van der Waals surface area contributed by atoms with E-state index < -0.39 is 0 Å². The molecule has 0 fully saturated rings. The summed E-state index contributed by atoms with van der Waals surface area (Å²) >= 11 is 0. The van der Waals surface area contributed by atoms with E-state index in [4.69, 9.17) is 0 Å². The van der Waals surface area contributed by atoms with Crippen molar-refractivity contribution in [1.29, 1.82) is 0 Å². The topological polar surface area (TPSA) is 94.7 Å². The molecule has 3 heterocycles. The molecule has 0 saturated heterocycles. The van der Waals surface area contributed by atoms with Crippen LogP contribution in [0.25, 0.3) is 10.9 Å². The lowest BCUT2D eigenvalue weighted by Crippen LogP contribution is -2.33. The number of amides is 1. The van der Waals surface area contributed by atoms with Crippen LogP contribution in [-0.2, 0) is 30.7 Å². The summed E-state index contributed by atoms with van der Waals surface area (Å²) in [5.74, 6) is 1.74. The number of hydrogen-bond acceptors (Lipinski definition) is 5. The summed E-state index contributed by atoms with van der Waals surface area (Å²) in [6.07, 6.45) is 6.53. The Morgan fingerprint density at radius 1 is 1.15 bits per heavy atom. The van der Waals surface area contributed by atoms with Crippen LogP contribution < -0.4 is 10.9 Å². The van der Waals surface area contributed by atoms with Gasteiger partial charge in [0.2, 0.25) is 5.91 Å². The highest BCUT2D eigenvalue weighted by atomic mass is 16.2. The number of carbonyl (C=O) groups excluding carboxylic acids is 1. The van der Waals surface area contributed by atoms with Gasteiger partial charge in [-0.3, -0.25) is 14.2 Å². The number of benzene rings is 1. The van der Waals surface area contributed by atoms with E-state index in [2.05, 4.69) is 25.1 Å². The fourth-order valence-electron chi connectivity index (χ4n) is 3.47. The maximum atomic E-state index is 12.4. The maximum absolute atomic E-state index is 12.4. The molecule has 1 N–H and O–H groups in total. The van der Waals surface area contributed by atoms with Gasteiger partial charge in [-0.1, -0.05) is 18.6 Å². The first-order valence-electron chi connectivity index (χ1n) is 9.34. The SMILES string of the molecule is O=C(Cn1cnc2ccccc2c1=O)NCCc1nnc2n1CCCCC2. The van der Waals surface area contributed by atoms with Gasteiger partial charge in [0.15, 0.2) is 0 Å². The number of aryl methyl sites for hydroxylation is 1. The Balaban J connectivity index is 1.36. The van der Waals surface area contributed by atoms with Crippen LogP contribution in [0.2, 0.25) is 0 Å². The molecule has 0 saturated carbocycles. The van der Waals surface area contributed by atoms with Crippen LogP contribution in [0.3, 0.4) is 0 Å². The zero-order valence-corrected chi connectivity index (χ0v) is 15.1. The monoisotopic (exact) mass is 366 g/mol. The molecule has 4 rings (SSSR count). The molecular formula is C19H22N6O2. The lowest BCUT2D eigenvalue weighted by molar-refractivity contribution is -0.121. The van der Waals surface area contributed by atoms with Crippen LogP contribution in [0.5, 0.6) is 0 Å². The van der Waals surface area contributed by atoms with E-state index in [1.807, 2.05) is 6.07 Å². The average Bonchev–Trinajstić information content (AvgIpc) is 2.91. The van der Waals surface area contributed by atoms with Crippen LogP contribution >= 0.6 is 0 Å². The molecule has 0 radical (unpaired) electrons. The molecule has 1 amide bonds. The summed E-state index contributed by atoms with van der Waals surface area (Å²) in [6, 6.07) is 7.12. The van der Waals surface area contributed by atoms with Crippen LogP contribution in [0.1, 0.15) is 30.9 Å². The van der Waals surface area contributed by atoms with Crippen molar-refractivity contribution in [1.82, 2.24) is 29.6 Å². The van der Waals surface area contributed by atoms with Gasteiger partial charge in [0.05, 0.1) is 17.2 Å². The van der Waals surface area contributed by atoms with E-state index in [0.29, 0.717) is 23.9 Å². The van der Waals surface area contributed by atoms with Crippen LogP contribution in [0.4, 0.5) is 0 Å². The molecule has 140 valence electrons. The Morgan fingerprint density at radius 3 is 2.96 bits per heavy atom. The third-order valence-corrected chi connectivity index (χ3v) is 4.90. The Bertz CT molecular complexity index is 1020. The van der Waals surface area contributed by atoms with Crippen LogP contribution in [-0.4, -0.2) is 36.8 Å². The number of para-hydroxylation sites is 1. The molecule has 0 bridgehead atoms. The van der Waals surface area contributed by atoms with Crippen LogP contribution in [0, 0.1) is 0 Å². The van der Waals surface area contributed by atoms with Gasteiger partial charge in [-0.2, -0.15) is 0 Å². The predicted molar refractivity (Wildman–Crippen MR) is 100 cm³/mol. The van der Waals surface area contributed by atoms with Crippen molar-refractivity contribution in [2.75, 3.05) is 6.54 Å². The molecule has 0 spiro atoms. The molecule has 27 heavy (non-hydrogen) atoms. The highest BCUT2D eigenvalue weighted by Crippen LogP contribution is 2.14. The third-order valence-electron chi connectivity index (χ3n) is 4.90. The Hall–Kier alpha value is -3.03. The fraction of sp³-hybridized carbons (Fsp3) is 0.421. The van der Waals surface area contributed by atoms with Crippen molar-refractivity contribution in [2.45, 2.75) is 45.2 Å². The minimum Gasteiger partial charge on any atom is -0.354 e. The number of fused-ring (bicyclic) bond motifs is 2. The van der Waals surface area contributed by atoms with Gasteiger partial charge in [-0.25, -0.2) is 4.98 Å². The van der Waals surface area contributed by atoms with E-state index in [0.717, 1.165) is 37.5 Å². The molecular weight excluding hydrogens is 344 g/mol. The van der Waals surface area contributed by atoms with E-state index in [1.54, 1.807) is 18.2 Å². The summed E-state index contributed by atoms with van der Waals surface area (Å²) < 4.78 is 3.51. The van der Waals surface area contributed by atoms with Crippen molar-refractivity contribution in [3.63, 3.8) is 0 Å². The zero-order valence-electron chi connectivity index (χ0n) is 15.1. The molecule has 8 heteroatoms. The summed E-state index contributed by atoms with van der Waals surface area (Å²) in [5, 5.41) is 11.9. The average molecular weight is 366 g/mol. The van der Waals surface area contributed by atoms with Gasteiger partial charge < -0.3 is 9.88 Å². The minimum atomic E-state index is -0.218. The third kappa shape index (κ3) is 3.74. The second-order valence-corrected chi connectivity index (χ2v) is 6.79. The fourth-order valence-corrected chi connectivity index (χ4v) is 3.47. The van der Waals surface area contributed by atoms with Crippen molar-refractivity contribution in [2.24, 2.45) is 0 Å². The van der Waals surface area contributed by atoms with Crippen molar-refractivity contribution in [3.8, 4) is 0 Å². The number of nitrogens with one attached hydrogen (secondary N) is 1. The Labute approximate surface area is 156 Å². The number of rotatable bonds is 5. The predicted octanol–water partition coefficient (Wildman–Crippen LogP) is 1.07. The molecule has 8 nitrogen and oxygen atoms in total. The molecule has 0 unspecified atom stereocenters. The Kier molecular flexibility index (Phi) is 4.95. The largest absolute Gasteiger partial charge is 0.354 e. The Morgan fingerprint density at radius 2 is 2.04 bits per heavy atom. The lowest BCUT2D eigenvalue weighted by Gasteiger charge is -2.09. The highest BCUT2D eigenvalue weighted by molar-refractivity contribution is 5.78. The van der Waals surface area contributed by atoms with Gasteiger partial charge >= 0.3 is 0 Å². The van der Waals surface area contributed by atoms with Crippen molar-refractivity contribution in [3.05, 3.63) is 52.6 Å². The second-order valence-electron chi connectivity index (χ2n) is 6.79. The minimum absolute atomic E-state index is 0.0470. The van der Waals surface area contributed by atoms with E-state index >= 15 is 0 Å². The van der Waals surface area contributed by atoms with Gasteiger partial charge in [0.25, 0.3) is 5.56 Å². The molecule has 1 aromatic carbocycles. The van der Waals surface area contributed by atoms with Crippen molar-refractivity contribution >= 4 is 16.8 Å². The lowest BCUT2D eigenvalue weighted by atomic mass is 10.2. The molecule has 3 aromatic rings.